The molecule has 1 atom stereocenters. The van der Waals surface area contributed by atoms with Gasteiger partial charge < -0.3 is 4.74 Å². The van der Waals surface area contributed by atoms with Crippen molar-refractivity contribution in [3.63, 3.8) is 0 Å². The summed E-state index contributed by atoms with van der Waals surface area (Å²) in [7, 11) is 0. The first-order valence-electron chi connectivity index (χ1n) is 8.75. The summed E-state index contributed by atoms with van der Waals surface area (Å²) in [5, 5.41) is 2.45. The molecule has 4 rings (SSSR count). The third-order valence-corrected chi connectivity index (χ3v) is 5.07. The Hall–Kier alpha value is -2.45. The minimum Gasteiger partial charge on any atom is -0.362 e. The van der Waals surface area contributed by atoms with Crippen LogP contribution in [0.3, 0.4) is 0 Å². The Labute approximate surface area is 149 Å². The molecule has 0 saturated carbocycles. The monoisotopic (exact) mass is 329 g/mol. The van der Waals surface area contributed by atoms with Gasteiger partial charge in [0.05, 0.1) is 12.3 Å². The van der Waals surface area contributed by atoms with Crippen molar-refractivity contribution < 1.29 is 4.74 Å². The molecule has 1 unspecified atom stereocenters. The van der Waals surface area contributed by atoms with Gasteiger partial charge in [-0.15, -0.1) is 0 Å². The van der Waals surface area contributed by atoms with Gasteiger partial charge >= 0.3 is 0 Å². The maximum atomic E-state index is 6.25. The molecule has 2 nitrogen and oxygen atoms in total. The van der Waals surface area contributed by atoms with Crippen LogP contribution in [-0.4, -0.2) is 11.6 Å². The molecule has 0 amide bonds. The molecule has 0 bridgehead atoms. The number of rotatable bonds is 2. The molecule has 1 aliphatic rings. The van der Waals surface area contributed by atoms with Crippen LogP contribution in [0.15, 0.2) is 54.7 Å². The number of ether oxygens (including phenoxy) is 1. The zero-order chi connectivity index (χ0) is 17.6. The molecular weight excluding hydrogens is 306 g/mol. The van der Waals surface area contributed by atoms with Gasteiger partial charge in [0.2, 0.25) is 0 Å². The first-order valence-corrected chi connectivity index (χ1v) is 8.75. The van der Waals surface area contributed by atoms with Crippen LogP contribution >= 0.6 is 0 Å². The van der Waals surface area contributed by atoms with E-state index >= 15 is 0 Å². The van der Waals surface area contributed by atoms with E-state index in [1.54, 1.807) is 0 Å². The lowest BCUT2D eigenvalue weighted by atomic mass is 9.91. The summed E-state index contributed by atoms with van der Waals surface area (Å²) in [5.41, 5.74) is 6.74. The van der Waals surface area contributed by atoms with E-state index in [0.29, 0.717) is 6.61 Å². The molecule has 2 heterocycles. The van der Waals surface area contributed by atoms with Crippen molar-refractivity contribution in [3.8, 4) is 0 Å². The number of nitrogens with zero attached hydrogens (tertiary/aromatic N) is 1. The fourth-order valence-electron chi connectivity index (χ4n) is 3.80. The smallest absolute Gasteiger partial charge is 0.110 e. The topological polar surface area (TPSA) is 22.1 Å². The molecule has 0 spiro atoms. The first-order chi connectivity index (χ1) is 12.0. The Kier molecular flexibility index (Phi) is 3.73. The predicted octanol–water partition coefficient (Wildman–Crippen LogP) is 5.49. The second kappa shape index (κ2) is 5.82. The average Bonchev–Trinajstić information content (AvgIpc) is 2.98. The number of pyridine rings is 1. The van der Waals surface area contributed by atoms with Crippen molar-refractivity contribution in [1.82, 2.24) is 4.98 Å². The van der Waals surface area contributed by atoms with E-state index in [1.807, 2.05) is 6.20 Å². The summed E-state index contributed by atoms with van der Waals surface area (Å²) in [6.07, 6.45) is 4.20. The highest BCUT2D eigenvalue weighted by Crippen LogP contribution is 2.39. The van der Waals surface area contributed by atoms with Crippen LogP contribution in [0.5, 0.6) is 0 Å². The van der Waals surface area contributed by atoms with Gasteiger partial charge in [-0.2, -0.15) is 0 Å². The molecule has 3 aromatic rings. The number of hydrogen-bond donors (Lipinski definition) is 0. The molecule has 0 N–H and O–H groups in total. The zero-order valence-corrected chi connectivity index (χ0v) is 15.3. The van der Waals surface area contributed by atoms with Gasteiger partial charge in [-0.3, -0.25) is 4.98 Å². The number of aryl methyl sites for hydroxylation is 3. The number of aromatic nitrogens is 1. The van der Waals surface area contributed by atoms with Crippen LogP contribution < -0.4 is 0 Å². The fraction of sp³-hybridized carbons (Fsp3) is 0.261. The second-order valence-electron chi connectivity index (χ2n) is 7.28. The molecule has 0 fully saturated rings. The molecule has 25 heavy (non-hydrogen) atoms. The van der Waals surface area contributed by atoms with Crippen LogP contribution in [-0.2, 0) is 10.3 Å². The third-order valence-electron chi connectivity index (χ3n) is 5.07. The van der Waals surface area contributed by atoms with Crippen molar-refractivity contribution in [1.29, 1.82) is 0 Å². The van der Waals surface area contributed by atoms with E-state index in [1.165, 1.54) is 33.0 Å². The lowest BCUT2D eigenvalue weighted by Gasteiger charge is -2.23. The summed E-state index contributed by atoms with van der Waals surface area (Å²) >= 11 is 0. The molecule has 1 aliphatic heterocycles. The lowest BCUT2D eigenvalue weighted by Crippen LogP contribution is -2.19. The van der Waals surface area contributed by atoms with Crippen LogP contribution in [0.2, 0.25) is 0 Å². The van der Waals surface area contributed by atoms with Gasteiger partial charge in [0.1, 0.15) is 5.60 Å². The van der Waals surface area contributed by atoms with Crippen molar-refractivity contribution in [3.05, 3.63) is 82.7 Å². The standard InChI is InChI=1S/C23H23NO/c1-15-9-16(2)11-19(10-15)23(4)12-18(14-25-23)22-21-8-6-5-7-20(21)17(3)13-24-22/h5-13H,14H2,1-4H3. The molecule has 2 aromatic carbocycles. The molecule has 0 radical (unpaired) electrons. The maximum absolute atomic E-state index is 6.25. The number of fused-ring (bicyclic) bond motifs is 1. The molecular formula is C23H23NO. The third kappa shape index (κ3) is 2.77. The van der Waals surface area contributed by atoms with E-state index in [2.05, 4.69) is 76.2 Å². The predicted molar refractivity (Wildman–Crippen MR) is 104 cm³/mol. The maximum Gasteiger partial charge on any atom is 0.110 e. The van der Waals surface area contributed by atoms with Gasteiger partial charge in [-0.05, 0) is 50.3 Å². The first kappa shape index (κ1) is 16.0. The largest absolute Gasteiger partial charge is 0.362 e. The average molecular weight is 329 g/mol. The summed E-state index contributed by atoms with van der Waals surface area (Å²) in [6.45, 7) is 9.11. The van der Waals surface area contributed by atoms with E-state index in [-0.39, 0.29) is 0 Å². The van der Waals surface area contributed by atoms with Crippen molar-refractivity contribution in [2.45, 2.75) is 33.3 Å². The SMILES string of the molecule is Cc1cc(C)cc(C2(C)C=C(c3ncc(C)c4ccccc34)CO2)c1. The highest BCUT2D eigenvalue weighted by atomic mass is 16.5. The Morgan fingerprint density at radius 1 is 0.960 bits per heavy atom. The molecule has 0 saturated heterocycles. The minimum atomic E-state index is -0.403. The van der Waals surface area contributed by atoms with Crippen molar-refractivity contribution in [2.75, 3.05) is 6.61 Å². The number of benzene rings is 2. The highest BCUT2D eigenvalue weighted by Gasteiger charge is 2.32. The Balaban J connectivity index is 1.83. The van der Waals surface area contributed by atoms with Crippen LogP contribution in [0.4, 0.5) is 0 Å². The normalized spacial score (nSPS) is 20.1. The lowest BCUT2D eigenvalue weighted by molar-refractivity contribution is 0.0404. The Morgan fingerprint density at radius 3 is 2.36 bits per heavy atom. The van der Waals surface area contributed by atoms with Gasteiger partial charge in [0, 0.05) is 17.2 Å². The Bertz CT molecular complexity index is 982. The number of hydrogen-bond acceptors (Lipinski definition) is 2. The van der Waals surface area contributed by atoms with E-state index in [0.717, 1.165) is 11.3 Å². The summed E-state index contributed by atoms with van der Waals surface area (Å²) in [4.78, 5) is 4.73. The van der Waals surface area contributed by atoms with Gasteiger partial charge in [0.15, 0.2) is 0 Å². The quantitative estimate of drug-likeness (QED) is 0.620. The zero-order valence-electron chi connectivity index (χ0n) is 15.3. The van der Waals surface area contributed by atoms with Crippen LogP contribution in [0, 0.1) is 20.8 Å². The van der Waals surface area contributed by atoms with Gasteiger partial charge in [-0.1, -0.05) is 53.6 Å². The molecule has 1 aromatic heterocycles. The van der Waals surface area contributed by atoms with E-state index < -0.39 is 5.60 Å². The molecule has 2 heteroatoms. The summed E-state index contributed by atoms with van der Waals surface area (Å²) in [6, 6.07) is 15.1. The Morgan fingerprint density at radius 2 is 1.64 bits per heavy atom. The molecule has 126 valence electrons. The summed E-state index contributed by atoms with van der Waals surface area (Å²) < 4.78 is 6.25. The highest BCUT2D eigenvalue weighted by molar-refractivity contribution is 5.94. The van der Waals surface area contributed by atoms with Crippen molar-refractivity contribution >= 4 is 16.3 Å². The van der Waals surface area contributed by atoms with Gasteiger partial charge in [-0.25, -0.2) is 0 Å². The van der Waals surface area contributed by atoms with Crippen LogP contribution in [0.1, 0.15) is 34.9 Å². The summed E-state index contributed by atoms with van der Waals surface area (Å²) in [5.74, 6) is 0. The second-order valence-corrected chi connectivity index (χ2v) is 7.28. The minimum absolute atomic E-state index is 0.403. The van der Waals surface area contributed by atoms with E-state index in [9.17, 15) is 0 Å². The molecule has 0 aliphatic carbocycles. The van der Waals surface area contributed by atoms with Crippen LogP contribution in [0.25, 0.3) is 16.3 Å². The van der Waals surface area contributed by atoms with Gasteiger partial charge in [0.25, 0.3) is 0 Å². The fourth-order valence-corrected chi connectivity index (χ4v) is 3.80. The van der Waals surface area contributed by atoms with Crippen molar-refractivity contribution in [2.24, 2.45) is 0 Å². The van der Waals surface area contributed by atoms with E-state index in [4.69, 9.17) is 9.72 Å².